The van der Waals surface area contributed by atoms with Gasteiger partial charge in [0.1, 0.15) is 5.75 Å². The highest BCUT2D eigenvalue weighted by molar-refractivity contribution is 6.31. The number of phenols is 1. The molecule has 4 N–H and O–H groups in total. The Balaban J connectivity index is 1.92. The van der Waals surface area contributed by atoms with Crippen molar-refractivity contribution in [1.29, 1.82) is 0 Å². The molecule has 0 radical (unpaired) electrons. The largest absolute Gasteiger partial charge is 0.507 e. The maximum atomic E-state index is 14.2. The second-order valence-electron chi connectivity index (χ2n) is 8.20. The molecule has 31 heavy (non-hydrogen) atoms. The van der Waals surface area contributed by atoms with E-state index >= 15 is 0 Å². The summed E-state index contributed by atoms with van der Waals surface area (Å²) in [5.41, 5.74) is -0.925. The summed E-state index contributed by atoms with van der Waals surface area (Å²) in [6.07, 6.45) is -5.25. The lowest BCUT2D eigenvalue weighted by Gasteiger charge is -2.46. The second kappa shape index (κ2) is 7.31. The highest BCUT2D eigenvalue weighted by Crippen LogP contribution is 2.56. The van der Waals surface area contributed by atoms with Crippen molar-refractivity contribution in [2.75, 3.05) is 10.6 Å². The molecule has 2 aromatic rings. The summed E-state index contributed by atoms with van der Waals surface area (Å²) in [4.78, 5) is 11.8. The normalized spacial score (nSPS) is 25.1. The predicted molar refractivity (Wildman–Crippen MR) is 112 cm³/mol. The number of nitrogens with one attached hydrogen (secondary N) is 2. The van der Waals surface area contributed by atoms with Gasteiger partial charge in [0.25, 0.3) is 0 Å². The van der Waals surface area contributed by atoms with Gasteiger partial charge in [-0.05, 0) is 49.4 Å². The zero-order valence-corrected chi connectivity index (χ0v) is 17.7. The molecular formula is C22H22ClF3N2O3. The third-order valence-corrected chi connectivity index (χ3v) is 6.78. The van der Waals surface area contributed by atoms with Gasteiger partial charge in [-0.1, -0.05) is 24.6 Å². The van der Waals surface area contributed by atoms with E-state index in [1.54, 1.807) is 32.0 Å². The Morgan fingerprint density at radius 2 is 2.06 bits per heavy atom. The smallest absolute Gasteiger partial charge is 0.419 e. The molecule has 4 rings (SSSR count). The van der Waals surface area contributed by atoms with Crippen LogP contribution in [-0.2, 0) is 11.2 Å². The van der Waals surface area contributed by atoms with E-state index in [1.807, 2.05) is 0 Å². The fraction of sp³-hybridized carbons (Fsp3) is 0.409. The van der Waals surface area contributed by atoms with E-state index in [0.29, 0.717) is 34.5 Å². The quantitative estimate of drug-likeness (QED) is 0.514. The Kier molecular flexibility index (Phi) is 5.13. The zero-order chi connectivity index (χ0) is 22.7. The first-order chi connectivity index (χ1) is 14.5. The van der Waals surface area contributed by atoms with E-state index in [2.05, 4.69) is 10.6 Å². The molecule has 5 nitrogen and oxygen atoms in total. The monoisotopic (exact) mass is 454 g/mol. The van der Waals surface area contributed by atoms with Crippen molar-refractivity contribution < 1.29 is 28.2 Å². The van der Waals surface area contributed by atoms with Crippen LogP contribution in [0, 0.1) is 6.92 Å². The van der Waals surface area contributed by atoms with Gasteiger partial charge in [-0.15, -0.1) is 0 Å². The fourth-order valence-corrected chi connectivity index (χ4v) is 4.87. The molecule has 0 bridgehead atoms. The summed E-state index contributed by atoms with van der Waals surface area (Å²) in [5.74, 6) is -1.12. The third kappa shape index (κ3) is 3.32. The lowest BCUT2D eigenvalue weighted by Crippen LogP contribution is -2.55. The average molecular weight is 455 g/mol. The van der Waals surface area contributed by atoms with Gasteiger partial charge >= 0.3 is 6.18 Å². The van der Waals surface area contributed by atoms with E-state index < -0.39 is 30.2 Å². The van der Waals surface area contributed by atoms with Crippen molar-refractivity contribution in [2.24, 2.45) is 0 Å². The maximum absolute atomic E-state index is 14.2. The summed E-state index contributed by atoms with van der Waals surface area (Å²) in [6.45, 7) is 3.31. The van der Waals surface area contributed by atoms with E-state index in [-0.39, 0.29) is 28.7 Å². The Morgan fingerprint density at radius 3 is 2.71 bits per heavy atom. The first kappa shape index (κ1) is 21.8. The van der Waals surface area contributed by atoms with E-state index in [1.165, 1.54) is 6.07 Å². The third-order valence-electron chi connectivity index (χ3n) is 6.39. The number of halogens is 4. The first-order valence-electron chi connectivity index (χ1n) is 9.97. The molecule has 0 fully saturated rings. The van der Waals surface area contributed by atoms with Crippen LogP contribution in [-0.4, -0.2) is 27.9 Å². The highest BCUT2D eigenvalue weighted by atomic mass is 35.5. The number of fused-ring (bicyclic) bond motifs is 2. The second-order valence-corrected chi connectivity index (χ2v) is 8.61. The van der Waals surface area contributed by atoms with E-state index in [9.17, 15) is 28.2 Å². The van der Waals surface area contributed by atoms with E-state index in [0.717, 1.165) is 0 Å². The molecule has 0 spiro atoms. The number of hydrogen-bond acceptors (Lipinski definition) is 4. The van der Waals surface area contributed by atoms with Crippen LogP contribution in [0.5, 0.6) is 5.75 Å². The highest BCUT2D eigenvalue weighted by Gasteiger charge is 2.62. The summed E-state index contributed by atoms with van der Waals surface area (Å²) in [7, 11) is 0. The standard InChI is InChI=1S/C22H22ClF3N2O3/c1-3-11-9-21(31,22(24,25)26)20(13-7-14(23)10(2)19(30)18(11)13)28-16-6-4-5-15-12(16)8-17(29)27-15/h4-7,11,20,28,30-31H,3,8-9H2,1-2H3,(H,27,29)/t11-,20+,21-/m1/s1. The summed E-state index contributed by atoms with van der Waals surface area (Å²) >= 11 is 6.23. The molecule has 0 saturated heterocycles. The minimum Gasteiger partial charge on any atom is -0.507 e. The zero-order valence-electron chi connectivity index (χ0n) is 16.9. The molecule has 3 atom stereocenters. The molecule has 0 unspecified atom stereocenters. The van der Waals surface area contributed by atoms with Gasteiger partial charge in [-0.25, -0.2) is 0 Å². The van der Waals surface area contributed by atoms with Crippen LogP contribution in [0.2, 0.25) is 5.02 Å². The van der Waals surface area contributed by atoms with Gasteiger partial charge < -0.3 is 20.8 Å². The van der Waals surface area contributed by atoms with Crippen molar-refractivity contribution in [3.05, 3.63) is 51.5 Å². The SMILES string of the molecule is CC[C@@H]1C[C@](O)(C(F)(F)F)[C@@H](Nc2cccc3c2CC(=O)N3)c2cc(Cl)c(C)c(O)c21. The summed E-state index contributed by atoms with van der Waals surface area (Å²) < 4.78 is 42.7. The van der Waals surface area contributed by atoms with Crippen molar-refractivity contribution in [3.8, 4) is 5.75 Å². The molecule has 2 aromatic carbocycles. The van der Waals surface area contributed by atoms with Crippen LogP contribution in [0.1, 0.15) is 54.0 Å². The summed E-state index contributed by atoms with van der Waals surface area (Å²) in [6, 6.07) is 4.59. The van der Waals surface area contributed by atoms with Gasteiger partial charge in [0.15, 0.2) is 5.60 Å². The molecule has 1 aliphatic carbocycles. The molecular weight excluding hydrogens is 433 g/mol. The first-order valence-corrected chi connectivity index (χ1v) is 10.3. The topological polar surface area (TPSA) is 81.6 Å². The van der Waals surface area contributed by atoms with Crippen molar-refractivity contribution in [2.45, 2.75) is 56.8 Å². The van der Waals surface area contributed by atoms with Crippen LogP contribution >= 0.6 is 11.6 Å². The fourth-order valence-electron chi connectivity index (χ4n) is 4.66. The summed E-state index contributed by atoms with van der Waals surface area (Å²) in [5, 5.41) is 27.4. The lowest BCUT2D eigenvalue weighted by atomic mass is 9.68. The van der Waals surface area contributed by atoms with Gasteiger partial charge in [0, 0.05) is 33.1 Å². The number of anilines is 2. The van der Waals surface area contributed by atoms with Gasteiger partial charge in [0.05, 0.1) is 12.5 Å². The van der Waals surface area contributed by atoms with Crippen LogP contribution < -0.4 is 10.6 Å². The number of amides is 1. The number of rotatable bonds is 3. The molecule has 9 heteroatoms. The van der Waals surface area contributed by atoms with Crippen molar-refractivity contribution in [3.63, 3.8) is 0 Å². The van der Waals surface area contributed by atoms with Crippen LogP contribution in [0.3, 0.4) is 0 Å². The maximum Gasteiger partial charge on any atom is 0.419 e. The molecule has 1 heterocycles. The number of alkyl halides is 3. The van der Waals surface area contributed by atoms with Crippen molar-refractivity contribution in [1.82, 2.24) is 0 Å². The number of phenolic OH excluding ortho intramolecular Hbond substituents is 1. The van der Waals surface area contributed by atoms with Gasteiger partial charge in [-0.2, -0.15) is 13.2 Å². The molecule has 2 aliphatic rings. The lowest BCUT2D eigenvalue weighted by molar-refractivity contribution is -0.272. The molecule has 0 aromatic heterocycles. The Hall–Kier alpha value is -2.45. The Morgan fingerprint density at radius 1 is 1.35 bits per heavy atom. The van der Waals surface area contributed by atoms with Crippen LogP contribution in [0.25, 0.3) is 0 Å². The number of benzene rings is 2. The predicted octanol–water partition coefficient (Wildman–Crippen LogP) is 5.19. The molecule has 1 amide bonds. The van der Waals surface area contributed by atoms with Crippen LogP contribution in [0.15, 0.2) is 24.3 Å². The molecule has 166 valence electrons. The van der Waals surface area contributed by atoms with E-state index in [4.69, 9.17) is 11.6 Å². The number of carbonyl (C=O) groups excluding carboxylic acids is 1. The van der Waals surface area contributed by atoms with Gasteiger partial charge in [0.2, 0.25) is 5.91 Å². The number of hydrogen-bond donors (Lipinski definition) is 4. The van der Waals surface area contributed by atoms with Crippen LogP contribution in [0.4, 0.5) is 24.5 Å². The molecule has 0 saturated carbocycles. The number of aromatic hydroxyl groups is 1. The minimum atomic E-state index is -4.95. The minimum absolute atomic E-state index is 0.0139. The Bertz CT molecular complexity index is 1070. The molecule has 1 aliphatic heterocycles. The number of aliphatic hydroxyl groups is 1. The number of carbonyl (C=O) groups is 1. The Labute approximate surface area is 182 Å². The van der Waals surface area contributed by atoms with Gasteiger partial charge in [-0.3, -0.25) is 4.79 Å². The van der Waals surface area contributed by atoms with Crippen molar-refractivity contribution >= 4 is 28.9 Å². The average Bonchev–Trinajstić information content (AvgIpc) is 3.08.